The van der Waals surface area contributed by atoms with Gasteiger partial charge in [0.05, 0.1) is 24.6 Å². The average Bonchev–Trinajstić information content (AvgIpc) is 2.95. The number of aliphatic carboxylic acids is 1. The Morgan fingerprint density at radius 1 is 1.33 bits per heavy atom. The van der Waals surface area contributed by atoms with Crippen LogP contribution in [0.25, 0.3) is 0 Å². The van der Waals surface area contributed by atoms with E-state index in [-0.39, 0.29) is 11.4 Å². The van der Waals surface area contributed by atoms with Gasteiger partial charge in [-0.3, -0.25) is 4.79 Å². The minimum atomic E-state index is -4.75. The van der Waals surface area contributed by atoms with Crippen LogP contribution in [-0.2, 0) is 4.79 Å². The maximum atomic E-state index is 13.7. The SMILES string of the molecule is COc1ccc(F)c(NC(=O)N2C[C@@H](C(F)(F)F)[C@H](C(=O)O)C2)c1. The Bertz CT molecular complexity index is 650. The highest BCUT2D eigenvalue weighted by atomic mass is 19.4. The molecule has 1 aromatic rings. The van der Waals surface area contributed by atoms with Crippen LogP contribution in [-0.4, -0.2) is 48.4 Å². The first kappa shape index (κ1) is 17.8. The van der Waals surface area contributed by atoms with E-state index < -0.39 is 48.9 Å². The summed E-state index contributed by atoms with van der Waals surface area (Å²) in [6.07, 6.45) is -4.75. The molecule has 24 heavy (non-hydrogen) atoms. The number of rotatable bonds is 3. The second-order valence-corrected chi connectivity index (χ2v) is 5.27. The third-order valence-corrected chi connectivity index (χ3v) is 3.76. The Kier molecular flexibility index (Phi) is 4.86. The number of hydrogen-bond donors (Lipinski definition) is 2. The fourth-order valence-corrected chi connectivity index (χ4v) is 2.47. The average molecular weight is 350 g/mol. The number of amides is 2. The number of nitrogens with one attached hydrogen (secondary N) is 1. The van der Waals surface area contributed by atoms with E-state index in [1.807, 2.05) is 0 Å². The van der Waals surface area contributed by atoms with Crippen molar-refractivity contribution in [3.63, 3.8) is 0 Å². The molecule has 1 aromatic carbocycles. The van der Waals surface area contributed by atoms with Crippen molar-refractivity contribution < 1.29 is 37.0 Å². The Morgan fingerprint density at radius 3 is 2.50 bits per heavy atom. The second-order valence-electron chi connectivity index (χ2n) is 5.27. The molecule has 0 aromatic heterocycles. The molecule has 0 spiro atoms. The molecular formula is C14H14F4N2O4. The number of ether oxygens (including phenoxy) is 1. The molecule has 2 N–H and O–H groups in total. The molecule has 1 aliphatic heterocycles. The van der Waals surface area contributed by atoms with E-state index in [0.717, 1.165) is 6.07 Å². The molecule has 0 aliphatic carbocycles. The molecule has 1 saturated heterocycles. The topological polar surface area (TPSA) is 78.9 Å². The number of benzene rings is 1. The maximum Gasteiger partial charge on any atom is 0.394 e. The Morgan fingerprint density at radius 2 is 2.00 bits per heavy atom. The van der Waals surface area contributed by atoms with Gasteiger partial charge < -0.3 is 20.1 Å². The summed E-state index contributed by atoms with van der Waals surface area (Å²) >= 11 is 0. The lowest BCUT2D eigenvalue weighted by Gasteiger charge is -2.19. The summed E-state index contributed by atoms with van der Waals surface area (Å²) in [5.74, 6) is -6.13. The zero-order chi connectivity index (χ0) is 18.1. The highest BCUT2D eigenvalue weighted by molar-refractivity contribution is 5.90. The Labute approximate surface area is 134 Å². The number of methoxy groups -OCH3 is 1. The first-order chi connectivity index (χ1) is 11.1. The van der Waals surface area contributed by atoms with Crippen LogP contribution < -0.4 is 10.1 Å². The number of halogens is 4. The van der Waals surface area contributed by atoms with E-state index in [1.54, 1.807) is 0 Å². The molecule has 0 radical (unpaired) electrons. The van der Waals surface area contributed by atoms with Gasteiger partial charge in [-0.2, -0.15) is 13.2 Å². The molecular weight excluding hydrogens is 336 g/mol. The zero-order valence-corrected chi connectivity index (χ0v) is 12.4. The maximum absolute atomic E-state index is 13.7. The van der Waals surface area contributed by atoms with Gasteiger partial charge in [0.1, 0.15) is 11.6 Å². The predicted octanol–water partition coefficient (Wildman–Crippen LogP) is 2.56. The normalized spacial score (nSPS) is 20.8. The van der Waals surface area contributed by atoms with Gasteiger partial charge in [0.2, 0.25) is 0 Å². The van der Waals surface area contributed by atoms with Crippen LogP contribution >= 0.6 is 0 Å². The summed E-state index contributed by atoms with van der Waals surface area (Å²) < 4.78 is 57.2. The van der Waals surface area contributed by atoms with Crippen LogP contribution in [0.5, 0.6) is 5.75 Å². The van der Waals surface area contributed by atoms with Crippen molar-refractivity contribution in [3.05, 3.63) is 24.0 Å². The quantitative estimate of drug-likeness (QED) is 0.822. The van der Waals surface area contributed by atoms with Crippen LogP contribution in [0, 0.1) is 17.7 Å². The van der Waals surface area contributed by atoms with Gasteiger partial charge in [0.25, 0.3) is 0 Å². The minimum absolute atomic E-state index is 0.240. The van der Waals surface area contributed by atoms with Gasteiger partial charge in [0.15, 0.2) is 0 Å². The van der Waals surface area contributed by atoms with Gasteiger partial charge in [-0.05, 0) is 12.1 Å². The Balaban J connectivity index is 2.15. The first-order valence-corrected chi connectivity index (χ1v) is 6.82. The highest BCUT2D eigenvalue weighted by Crippen LogP contribution is 2.38. The molecule has 132 valence electrons. The van der Waals surface area contributed by atoms with E-state index >= 15 is 0 Å². The summed E-state index contributed by atoms with van der Waals surface area (Å²) in [7, 11) is 1.32. The number of carboxylic acid groups (broad SMARTS) is 1. The van der Waals surface area contributed by atoms with Crippen molar-refractivity contribution >= 4 is 17.7 Å². The lowest BCUT2D eigenvalue weighted by Crippen LogP contribution is -2.35. The van der Waals surface area contributed by atoms with E-state index in [2.05, 4.69) is 5.32 Å². The van der Waals surface area contributed by atoms with Crippen LogP contribution in [0.4, 0.5) is 28.0 Å². The number of carbonyl (C=O) groups is 2. The number of urea groups is 1. The molecule has 2 amide bonds. The van der Waals surface area contributed by atoms with Crippen molar-refractivity contribution in [2.45, 2.75) is 6.18 Å². The van der Waals surface area contributed by atoms with Crippen molar-refractivity contribution in [2.24, 2.45) is 11.8 Å². The van der Waals surface area contributed by atoms with E-state index in [1.165, 1.54) is 19.2 Å². The summed E-state index contributed by atoms with van der Waals surface area (Å²) in [6.45, 7) is -1.42. The van der Waals surface area contributed by atoms with Gasteiger partial charge in [0, 0.05) is 19.2 Å². The van der Waals surface area contributed by atoms with E-state index in [9.17, 15) is 27.2 Å². The number of hydrogen-bond acceptors (Lipinski definition) is 3. The largest absolute Gasteiger partial charge is 0.497 e. The van der Waals surface area contributed by atoms with Gasteiger partial charge in [-0.1, -0.05) is 0 Å². The molecule has 0 unspecified atom stereocenters. The predicted molar refractivity (Wildman–Crippen MR) is 74.2 cm³/mol. The van der Waals surface area contributed by atoms with Crippen molar-refractivity contribution in [2.75, 3.05) is 25.5 Å². The first-order valence-electron chi connectivity index (χ1n) is 6.82. The van der Waals surface area contributed by atoms with Crippen LogP contribution in [0.2, 0.25) is 0 Å². The summed E-state index contributed by atoms with van der Waals surface area (Å²) in [6, 6.07) is 2.48. The molecule has 1 aliphatic rings. The van der Waals surface area contributed by atoms with Gasteiger partial charge in [-0.25, -0.2) is 9.18 Å². The monoisotopic (exact) mass is 350 g/mol. The van der Waals surface area contributed by atoms with E-state index in [0.29, 0.717) is 4.90 Å². The molecule has 2 atom stereocenters. The molecule has 10 heteroatoms. The number of nitrogens with zero attached hydrogens (tertiary/aromatic N) is 1. The van der Waals surface area contributed by atoms with Crippen molar-refractivity contribution in [1.82, 2.24) is 4.90 Å². The van der Waals surface area contributed by atoms with Crippen LogP contribution in [0.1, 0.15) is 0 Å². The molecule has 1 heterocycles. The number of carboxylic acids is 1. The second kappa shape index (κ2) is 6.54. The molecule has 0 saturated carbocycles. The lowest BCUT2D eigenvalue weighted by molar-refractivity contribution is -0.187. The van der Waals surface area contributed by atoms with Gasteiger partial charge in [-0.15, -0.1) is 0 Å². The van der Waals surface area contributed by atoms with Crippen LogP contribution in [0.15, 0.2) is 18.2 Å². The molecule has 1 fully saturated rings. The number of likely N-dealkylation sites (tertiary alicyclic amines) is 1. The summed E-state index contributed by atoms with van der Waals surface area (Å²) in [4.78, 5) is 23.7. The number of alkyl halides is 3. The molecule has 0 bridgehead atoms. The van der Waals surface area contributed by atoms with Crippen LogP contribution in [0.3, 0.4) is 0 Å². The van der Waals surface area contributed by atoms with E-state index in [4.69, 9.17) is 9.84 Å². The fraction of sp³-hybridized carbons (Fsp3) is 0.429. The smallest absolute Gasteiger partial charge is 0.394 e. The van der Waals surface area contributed by atoms with Crippen molar-refractivity contribution in [3.8, 4) is 5.75 Å². The summed E-state index contributed by atoms with van der Waals surface area (Å²) in [5.41, 5.74) is -0.276. The fourth-order valence-electron chi connectivity index (χ4n) is 2.47. The standard InChI is InChI=1S/C14H14F4N2O4/c1-24-7-2-3-10(15)11(4-7)19-13(23)20-5-8(12(21)22)9(6-20)14(16,17)18/h2-4,8-9H,5-6H2,1H3,(H,19,23)(H,21,22)/t8-,9-/m1/s1. The molecule has 6 nitrogen and oxygen atoms in total. The zero-order valence-electron chi connectivity index (χ0n) is 12.4. The van der Waals surface area contributed by atoms with Crippen molar-refractivity contribution in [1.29, 1.82) is 0 Å². The third-order valence-electron chi connectivity index (χ3n) is 3.76. The third kappa shape index (κ3) is 3.69. The number of carbonyl (C=O) groups excluding carboxylic acids is 1. The molecule has 2 rings (SSSR count). The highest BCUT2D eigenvalue weighted by Gasteiger charge is 2.53. The van der Waals surface area contributed by atoms with Gasteiger partial charge >= 0.3 is 18.2 Å². The minimum Gasteiger partial charge on any atom is -0.497 e. The Hall–Kier alpha value is -2.52. The number of anilines is 1. The summed E-state index contributed by atoms with van der Waals surface area (Å²) in [5, 5.41) is 11.0. The lowest BCUT2D eigenvalue weighted by atomic mass is 9.96.